The Kier molecular flexibility index (Phi) is 6.59. The molecule has 0 radical (unpaired) electrons. The van der Waals surface area contributed by atoms with Gasteiger partial charge in [-0.2, -0.15) is 17.5 Å². The minimum atomic E-state index is -4.54. The Hall–Kier alpha value is -2.30. The van der Waals surface area contributed by atoms with Gasteiger partial charge < -0.3 is 9.64 Å². The molecule has 0 unspecified atom stereocenters. The van der Waals surface area contributed by atoms with Gasteiger partial charge in [0.15, 0.2) is 6.61 Å². The molecule has 1 aliphatic heterocycles. The van der Waals surface area contributed by atoms with E-state index < -0.39 is 21.8 Å². The molecule has 0 aromatic heterocycles. The van der Waals surface area contributed by atoms with Gasteiger partial charge in [-0.15, -0.1) is 0 Å². The van der Waals surface area contributed by atoms with E-state index >= 15 is 0 Å². The summed E-state index contributed by atoms with van der Waals surface area (Å²) in [4.78, 5) is 13.6. The molecule has 1 heterocycles. The van der Waals surface area contributed by atoms with E-state index in [2.05, 4.69) is 0 Å². The molecular formula is C19H18ClF3N2O4S. The molecule has 1 aliphatic rings. The van der Waals surface area contributed by atoms with Crippen LogP contribution in [0.5, 0.6) is 5.75 Å². The number of ether oxygens (including phenoxy) is 1. The molecule has 1 fully saturated rings. The van der Waals surface area contributed by atoms with Crippen LogP contribution in [0.1, 0.15) is 5.56 Å². The fourth-order valence-electron chi connectivity index (χ4n) is 2.94. The number of carbonyl (C=O) groups is 1. The van der Waals surface area contributed by atoms with Crippen molar-refractivity contribution < 1.29 is 31.1 Å². The van der Waals surface area contributed by atoms with Crippen molar-refractivity contribution in [2.45, 2.75) is 11.1 Å². The van der Waals surface area contributed by atoms with Gasteiger partial charge in [0.2, 0.25) is 10.0 Å². The van der Waals surface area contributed by atoms with Crippen LogP contribution in [-0.2, 0) is 21.0 Å². The second kappa shape index (κ2) is 8.83. The van der Waals surface area contributed by atoms with Crippen LogP contribution in [0.4, 0.5) is 13.2 Å². The summed E-state index contributed by atoms with van der Waals surface area (Å²) in [5.74, 6) is 0.140. The first-order valence-corrected chi connectivity index (χ1v) is 10.7. The van der Waals surface area contributed by atoms with E-state index in [4.69, 9.17) is 16.3 Å². The van der Waals surface area contributed by atoms with E-state index in [1.54, 1.807) is 24.3 Å². The minimum Gasteiger partial charge on any atom is -0.484 e. The van der Waals surface area contributed by atoms with Gasteiger partial charge in [-0.3, -0.25) is 4.79 Å². The summed E-state index contributed by atoms with van der Waals surface area (Å²) in [6, 6.07) is 9.94. The molecule has 0 saturated carbocycles. The van der Waals surface area contributed by atoms with Gasteiger partial charge in [0.25, 0.3) is 5.91 Å². The van der Waals surface area contributed by atoms with Crippen LogP contribution in [0.2, 0.25) is 5.02 Å². The molecular weight excluding hydrogens is 445 g/mol. The van der Waals surface area contributed by atoms with Crippen molar-refractivity contribution >= 4 is 27.5 Å². The maximum atomic E-state index is 12.7. The summed E-state index contributed by atoms with van der Waals surface area (Å²) in [5.41, 5.74) is -0.920. The monoisotopic (exact) mass is 462 g/mol. The molecule has 0 atom stereocenters. The van der Waals surface area contributed by atoms with Crippen molar-refractivity contribution in [2.24, 2.45) is 0 Å². The molecule has 0 aliphatic carbocycles. The van der Waals surface area contributed by atoms with Crippen LogP contribution in [0, 0.1) is 0 Å². The first-order valence-electron chi connectivity index (χ1n) is 8.91. The zero-order chi connectivity index (χ0) is 21.9. The summed E-state index contributed by atoms with van der Waals surface area (Å²) >= 11 is 5.86. The number of piperazine rings is 1. The van der Waals surface area contributed by atoms with Crippen molar-refractivity contribution in [2.75, 3.05) is 32.8 Å². The predicted molar refractivity (Wildman–Crippen MR) is 104 cm³/mol. The summed E-state index contributed by atoms with van der Waals surface area (Å²) in [5, 5.41) is 0.474. The molecule has 3 rings (SSSR count). The Morgan fingerprint density at radius 3 is 2.23 bits per heavy atom. The summed E-state index contributed by atoms with van der Waals surface area (Å²) < 4.78 is 69.9. The van der Waals surface area contributed by atoms with Gasteiger partial charge >= 0.3 is 6.18 Å². The molecule has 0 spiro atoms. The fourth-order valence-corrected chi connectivity index (χ4v) is 4.54. The second-order valence-corrected chi connectivity index (χ2v) is 8.93. The number of alkyl halides is 3. The Labute approximate surface area is 176 Å². The van der Waals surface area contributed by atoms with Crippen molar-refractivity contribution in [3.63, 3.8) is 0 Å². The number of carbonyl (C=O) groups excluding carboxylic acids is 1. The molecule has 162 valence electrons. The van der Waals surface area contributed by atoms with Crippen LogP contribution in [-0.4, -0.2) is 56.3 Å². The number of benzene rings is 2. The first-order chi connectivity index (χ1) is 14.1. The van der Waals surface area contributed by atoms with Crippen molar-refractivity contribution in [3.8, 4) is 5.75 Å². The standard InChI is InChI=1S/C19H18ClF3N2O4S/c20-15-2-1-3-16(12-15)29-13-18(26)24-8-10-25(11-9-24)30(27,28)17-6-4-14(5-7-17)19(21,22)23/h1-7,12H,8-11,13H2. The van der Waals surface area contributed by atoms with Crippen molar-refractivity contribution in [1.82, 2.24) is 9.21 Å². The Balaban J connectivity index is 1.57. The average molecular weight is 463 g/mol. The number of halogens is 4. The van der Waals surface area contributed by atoms with E-state index in [0.29, 0.717) is 10.8 Å². The average Bonchev–Trinajstić information content (AvgIpc) is 2.71. The van der Waals surface area contributed by atoms with Gasteiger partial charge in [0.1, 0.15) is 5.75 Å². The number of amides is 1. The van der Waals surface area contributed by atoms with Gasteiger partial charge in [0.05, 0.1) is 10.5 Å². The lowest BCUT2D eigenvalue weighted by molar-refractivity contribution is -0.137. The van der Waals surface area contributed by atoms with E-state index in [0.717, 1.165) is 28.6 Å². The van der Waals surface area contributed by atoms with E-state index in [1.165, 1.54) is 4.90 Å². The van der Waals surface area contributed by atoms with Gasteiger partial charge in [0, 0.05) is 31.2 Å². The maximum absolute atomic E-state index is 12.7. The second-order valence-electron chi connectivity index (χ2n) is 6.55. The lowest BCUT2D eigenvalue weighted by Gasteiger charge is -2.34. The smallest absolute Gasteiger partial charge is 0.416 e. The first kappa shape index (κ1) is 22.4. The molecule has 0 N–H and O–H groups in total. The van der Waals surface area contributed by atoms with Crippen molar-refractivity contribution in [1.29, 1.82) is 0 Å². The normalized spacial score (nSPS) is 15.8. The number of rotatable bonds is 5. The lowest BCUT2D eigenvalue weighted by atomic mass is 10.2. The highest BCUT2D eigenvalue weighted by atomic mass is 35.5. The summed E-state index contributed by atoms with van der Waals surface area (Å²) in [6.45, 7) is 0.153. The Morgan fingerprint density at radius 2 is 1.67 bits per heavy atom. The summed E-state index contributed by atoms with van der Waals surface area (Å²) in [6.07, 6.45) is -4.54. The van der Waals surface area contributed by atoms with Crippen molar-refractivity contribution in [3.05, 3.63) is 59.1 Å². The van der Waals surface area contributed by atoms with Crippen LogP contribution >= 0.6 is 11.6 Å². The highest BCUT2D eigenvalue weighted by molar-refractivity contribution is 7.89. The molecule has 1 saturated heterocycles. The molecule has 6 nitrogen and oxygen atoms in total. The van der Waals surface area contributed by atoms with Crippen LogP contribution in [0.3, 0.4) is 0 Å². The predicted octanol–water partition coefficient (Wildman–Crippen LogP) is 3.27. The minimum absolute atomic E-state index is 0.0340. The van der Waals surface area contributed by atoms with Gasteiger partial charge in [-0.1, -0.05) is 17.7 Å². The van der Waals surface area contributed by atoms with Gasteiger partial charge in [-0.25, -0.2) is 8.42 Å². The zero-order valence-corrected chi connectivity index (χ0v) is 17.2. The zero-order valence-electron chi connectivity index (χ0n) is 15.6. The number of nitrogens with zero attached hydrogens (tertiary/aromatic N) is 2. The largest absolute Gasteiger partial charge is 0.484 e. The van der Waals surface area contributed by atoms with E-state index in [-0.39, 0.29) is 43.6 Å². The van der Waals surface area contributed by atoms with E-state index in [9.17, 15) is 26.4 Å². The quantitative estimate of drug-likeness (QED) is 0.684. The summed E-state index contributed by atoms with van der Waals surface area (Å²) in [7, 11) is -3.95. The molecule has 0 bridgehead atoms. The third-order valence-electron chi connectivity index (χ3n) is 4.57. The van der Waals surface area contributed by atoms with Crippen LogP contribution in [0.15, 0.2) is 53.4 Å². The number of hydrogen-bond donors (Lipinski definition) is 0. The highest BCUT2D eigenvalue weighted by Gasteiger charge is 2.33. The van der Waals surface area contributed by atoms with E-state index in [1.807, 2.05) is 0 Å². The third-order valence-corrected chi connectivity index (χ3v) is 6.72. The third kappa shape index (κ3) is 5.24. The number of hydrogen-bond acceptors (Lipinski definition) is 4. The Morgan fingerprint density at radius 1 is 1.03 bits per heavy atom. The Bertz CT molecular complexity index is 1010. The lowest BCUT2D eigenvalue weighted by Crippen LogP contribution is -2.51. The highest BCUT2D eigenvalue weighted by Crippen LogP contribution is 2.30. The van der Waals surface area contributed by atoms with Crippen LogP contribution in [0.25, 0.3) is 0 Å². The maximum Gasteiger partial charge on any atom is 0.416 e. The number of sulfonamides is 1. The molecule has 2 aromatic carbocycles. The molecule has 2 aromatic rings. The molecule has 30 heavy (non-hydrogen) atoms. The van der Waals surface area contributed by atoms with Crippen LogP contribution < -0.4 is 4.74 Å². The molecule has 1 amide bonds. The van der Waals surface area contributed by atoms with Gasteiger partial charge in [-0.05, 0) is 42.5 Å². The SMILES string of the molecule is O=C(COc1cccc(Cl)c1)N1CCN(S(=O)(=O)c2ccc(C(F)(F)F)cc2)CC1. The molecule has 11 heteroatoms. The fraction of sp³-hybridized carbons (Fsp3) is 0.316. The topological polar surface area (TPSA) is 66.9 Å².